The standard InChI is InChI=1S/C28H37NO/c1-19(2)22-11-13-24-23(17-22)12-14-25-27(24,4)15-6-16-28(25,5)26(30)29-18-21-9-7-20(3)8-10-21/h7-11,13,17,19,25H,6,12,14-16,18H2,1-5H3,(H,29,30)/t25-,27-,28+/m1/s1. The summed E-state index contributed by atoms with van der Waals surface area (Å²) in [4.78, 5) is 13.5. The van der Waals surface area contributed by atoms with E-state index in [1.165, 1.54) is 34.2 Å². The highest BCUT2D eigenvalue weighted by molar-refractivity contribution is 5.83. The Bertz CT molecular complexity index is 928. The fourth-order valence-corrected chi connectivity index (χ4v) is 6.23. The molecule has 2 aliphatic carbocycles. The molecule has 2 nitrogen and oxygen atoms in total. The lowest BCUT2D eigenvalue weighted by atomic mass is 9.49. The van der Waals surface area contributed by atoms with E-state index in [9.17, 15) is 4.79 Å². The molecular formula is C28H37NO. The van der Waals surface area contributed by atoms with Crippen LogP contribution in [0.1, 0.15) is 87.1 Å². The summed E-state index contributed by atoms with van der Waals surface area (Å²) in [6.45, 7) is 11.9. The fraction of sp³-hybridized carbons (Fsp3) is 0.536. The van der Waals surface area contributed by atoms with Crippen molar-refractivity contribution in [2.75, 3.05) is 0 Å². The van der Waals surface area contributed by atoms with Crippen molar-refractivity contribution in [2.45, 2.75) is 84.6 Å². The SMILES string of the molecule is Cc1ccc(CNC(=O)[C@@]2(C)CCC[C@]3(C)c4ccc(C(C)C)cc4CC[C@@H]23)cc1. The van der Waals surface area contributed by atoms with E-state index in [0.29, 0.717) is 18.4 Å². The first-order valence-corrected chi connectivity index (χ1v) is 11.7. The van der Waals surface area contributed by atoms with Gasteiger partial charge in [-0.3, -0.25) is 4.79 Å². The largest absolute Gasteiger partial charge is 0.352 e. The Labute approximate surface area is 182 Å². The van der Waals surface area contributed by atoms with Crippen LogP contribution in [0.2, 0.25) is 0 Å². The molecule has 0 aromatic heterocycles. The van der Waals surface area contributed by atoms with E-state index in [-0.39, 0.29) is 16.7 Å². The Hall–Kier alpha value is -2.09. The number of amides is 1. The average molecular weight is 404 g/mol. The van der Waals surface area contributed by atoms with Crippen LogP contribution in [0.5, 0.6) is 0 Å². The van der Waals surface area contributed by atoms with Crippen molar-refractivity contribution >= 4 is 5.91 Å². The Morgan fingerprint density at radius 2 is 1.83 bits per heavy atom. The number of hydrogen-bond acceptors (Lipinski definition) is 1. The lowest BCUT2D eigenvalue weighted by Gasteiger charge is -2.54. The molecule has 4 rings (SSSR count). The first kappa shape index (κ1) is 21.2. The summed E-state index contributed by atoms with van der Waals surface area (Å²) in [5.41, 5.74) is 6.67. The van der Waals surface area contributed by atoms with Gasteiger partial charge in [-0.2, -0.15) is 0 Å². The van der Waals surface area contributed by atoms with Gasteiger partial charge in [0.25, 0.3) is 0 Å². The molecule has 2 aliphatic rings. The van der Waals surface area contributed by atoms with Gasteiger partial charge >= 0.3 is 0 Å². The van der Waals surface area contributed by atoms with Crippen LogP contribution >= 0.6 is 0 Å². The number of carbonyl (C=O) groups excluding carboxylic acids is 1. The van der Waals surface area contributed by atoms with Gasteiger partial charge in [0.15, 0.2) is 0 Å². The van der Waals surface area contributed by atoms with Gasteiger partial charge < -0.3 is 5.32 Å². The maximum Gasteiger partial charge on any atom is 0.226 e. The topological polar surface area (TPSA) is 29.1 Å². The van der Waals surface area contributed by atoms with Crippen LogP contribution < -0.4 is 5.32 Å². The number of fused-ring (bicyclic) bond motifs is 3. The molecular weight excluding hydrogens is 366 g/mol. The van der Waals surface area contributed by atoms with Crippen LogP contribution in [0.4, 0.5) is 0 Å². The highest BCUT2D eigenvalue weighted by atomic mass is 16.2. The number of hydrogen-bond donors (Lipinski definition) is 1. The van der Waals surface area contributed by atoms with E-state index in [1.54, 1.807) is 0 Å². The number of aryl methyl sites for hydroxylation is 2. The van der Waals surface area contributed by atoms with Gasteiger partial charge in [0.2, 0.25) is 5.91 Å². The maximum absolute atomic E-state index is 13.5. The number of nitrogens with one attached hydrogen (secondary N) is 1. The summed E-state index contributed by atoms with van der Waals surface area (Å²) < 4.78 is 0. The average Bonchev–Trinajstić information content (AvgIpc) is 2.72. The predicted octanol–water partition coefficient (Wildman–Crippen LogP) is 6.45. The molecule has 0 unspecified atom stereocenters. The second-order valence-corrected chi connectivity index (χ2v) is 10.5. The first-order chi connectivity index (χ1) is 14.2. The molecule has 3 atom stereocenters. The van der Waals surface area contributed by atoms with E-state index >= 15 is 0 Å². The highest BCUT2D eigenvalue weighted by Crippen LogP contribution is 2.57. The molecule has 2 aromatic rings. The molecule has 2 heteroatoms. The first-order valence-electron chi connectivity index (χ1n) is 11.7. The van der Waals surface area contributed by atoms with Gasteiger partial charge in [0.1, 0.15) is 0 Å². The van der Waals surface area contributed by atoms with Crippen LogP contribution in [0, 0.1) is 18.3 Å². The van der Waals surface area contributed by atoms with Crippen LogP contribution in [0.25, 0.3) is 0 Å². The second kappa shape index (κ2) is 7.87. The molecule has 0 radical (unpaired) electrons. The third-order valence-corrected chi connectivity index (χ3v) is 8.14. The van der Waals surface area contributed by atoms with Crippen LogP contribution in [0.15, 0.2) is 42.5 Å². The van der Waals surface area contributed by atoms with Gasteiger partial charge in [-0.25, -0.2) is 0 Å². The summed E-state index contributed by atoms with van der Waals surface area (Å²) in [5, 5.41) is 3.29. The monoisotopic (exact) mass is 403 g/mol. The van der Waals surface area contributed by atoms with Crippen molar-refractivity contribution in [3.05, 3.63) is 70.3 Å². The molecule has 2 aromatic carbocycles. The number of carbonyl (C=O) groups is 1. The van der Waals surface area contributed by atoms with Gasteiger partial charge in [0.05, 0.1) is 5.41 Å². The number of benzene rings is 2. The smallest absolute Gasteiger partial charge is 0.226 e. The van der Waals surface area contributed by atoms with Gasteiger partial charge in [-0.15, -0.1) is 0 Å². The fourth-order valence-electron chi connectivity index (χ4n) is 6.23. The van der Waals surface area contributed by atoms with Crippen LogP contribution in [-0.4, -0.2) is 5.91 Å². The van der Waals surface area contributed by atoms with Gasteiger partial charge in [-0.1, -0.05) is 82.1 Å². The molecule has 0 spiro atoms. The van der Waals surface area contributed by atoms with Crippen LogP contribution in [0.3, 0.4) is 0 Å². The Balaban J connectivity index is 1.58. The second-order valence-electron chi connectivity index (χ2n) is 10.5. The zero-order valence-electron chi connectivity index (χ0n) is 19.3. The molecule has 0 aliphatic heterocycles. The molecule has 0 bridgehead atoms. The highest BCUT2D eigenvalue weighted by Gasteiger charge is 2.54. The number of rotatable bonds is 4. The lowest BCUT2D eigenvalue weighted by molar-refractivity contribution is -0.139. The molecule has 1 N–H and O–H groups in total. The summed E-state index contributed by atoms with van der Waals surface area (Å²) >= 11 is 0. The van der Waals surface area contributed by atoms with Crippen molar-refractivity contribution < 1.29 is 4.79 Å². The molecule has 0 saturated heterocycles. The van der Waals surface area contributed by atoms with Crippen LogP contribution in [-0.2, 0) is 23.2 Å². The van der Waals surface area contributed by atoms with Crippen molar-refractivity contribution in [1.29, 1.82) is 0 Å². The van der Waals surface area contributed by atoms with E-state index in [0.717, 1.165) is 25.7 Å². The molecule has 1 amide bonds. The normalized spacial score (nSPS) is 28.0. The summed E-state index contributed by atoms with van der Waals surface area (Å²) in [7, 11) is 0. The Kier molecular flexibility index (Phi) is 5.55. The van der Waals surface area contributed by atoms with E-state index in [1.807, 2.05) is 0 Å². The van der Waals surface area contributed by atoms with Crippen molar-refractivity contribution in [2.24, 2.45) is 11.3 Å². The van der Waals surface area contributed by atoms with Crippen molar-refractivity contribution in [3.63, 3.8) is 0 Å². The van der Waals surface area contributed by atoms with Gasteiger partial charge in [0, 0.05) is 6.54 Å². The molecule has 0 heterocycles. The Morgan fingerprint density at radius 1 is 1.10 bits per heavy atom. The molecule has 1 saturated carbocycles. The third kappa shape index (κ3) is 3.59. The van der Waals surface area contributed by atoms with E-state index in [4.69, 9.17) is 0 Å². The Morgan fingerprint density at radius 3 is 2.53 bits per heavy atom. The van der Waals surface area contributed by atoms with E-state index < -0.39 is 0 Å². The summed E-state index contributed by atoms with van der Waals surface area (Å²) in [6.07, 6.45) is 5.50. The minimum absolute atomic E-state index is 0.0945. The lowest BCUT2D eigenvalue weighted by Crippen LogP contribution is -2.55. The molecule has 160 valence electrons. The molecule has 1 fully saturated rings. The quantitative estimate of drug-likeness (QED) is 0.625. The summed E-state index contributed by atoms with van der Waals surface area (Å²) in [5.74, 6) is 1.19. The van der Waals surface area contributed by atoms with Gasteiger partial charge in [-0.05, 0) is 72.1 Å². The minimum atomic E-state index is -0.299. The summed E-state index contributed by atoms with van der Waals surface area (Å²) in [6, 6.07) is 15.6. The zero-order valence-corrected chi connectivity index (χ0v) is 19.3. The third-order valence-electron chi connectivity index (χ3n) is 8.14. The molecule has 30 heavy (non-hydrogen) atoms. The van der Waals surface area contributed by atoms with E-state index in [2.05, 4.69) is 82.4 Å². The predicted molar refractivity (Wildman–Crippen MR) is 125 cm³/mol. The minimum Gasteiger partial charge on any atom is -0.352 e. The van der Waals surface area contributed by atoms with Crippen molar-refractivity contribution in [1.82, 2.24) is 5.32 Å². The maximum atomic E-state index is 13.5. The zero-order chi connectivity index (χ0) is 21.5. The van der Waals surface area contributed by atoms with Crippen molar-refractivity contribution in [3.8, 4) is 0 Å².